The molecule has 1 N–H and O–H groups in total. The molecule has 1 heterocycles. The number of benzene rings is 1. The van der Waals surface area contributed by atoms with Gasteiger partial charge in [0, 0.05) is 6.07 Å². The summed E-state index contributed by atoms with van der Waals surface area (Å²) >= 11 is 1.30. The maximum atomic E-state index is 11.7. The molecule has 0 aliphatic rings. The van der Waals surface area contributed by atoms with Gasteiger partial charge in [-0.2, -0.15) is 4.98 Å². The Balaban J connectivity index is 2.61. The minimum atomic E-state index is -1.17. The zero-order valence-electron chi connectivity index (χ0n) is 14.3. The Morgan fingerprint density at radius 3 is 2.56 bits per heavy atom. The normalized spacial score (nSPS) is 11.1. The Bertz CT molecular complexity index is 808. The molecule has 25 heavy (non-hydrogen) atoms. The second-order valence-corrected chi connectivity index (χ2v) is 5.61. The van der Waals surface area contributed by atoms with E-state index in [0.29, 0.717) is 22.3 Å². The van der Waals surface area contributed by atoms with Crippen molar-refractivity contribution in [3.8, 4) is 17.4 Å². The first-order chi connectivity index (χ1) is 12.0. The number of thioether (sulfide) groups is 1. The number of ether oxygens (including phenoxy) is 3. The van der Waals surface area contributed by atoms with Gasteiger partial charge in [-0.25, -0.2) is 9.78 Å². The molecule has 0 radical (unpaired) electrons. The van der Waals surface area contributed by atoms with Crippen LogP contribution in [0.1, 0.15) is 11.4 Å². The summed E-state index contributed by atoms with van der Waals surface area (Å²) in [6, 6.07) is 6.95. The molecule has 0 saturated heterocycles. The second-order valence-electron chi connectivity index (χ2n) is 4.81. The van der Waals surface area contributed by atoms with Crippen molar-refractivity contribution in [1.29, 1.82) is 0 Å². The Kier molecular flexibility index (Phi) is 6.24. The Morgan fingerprint density at radius 1 is 1.24 bits per heavy atom. The maximum Gasteiger partial charge on any atom is 0.339 e. The minimum Gasteiger partial charge on any atom is -0.503 e. The highest BCUT2D eigenvalue weighted by molar-refractivity contribution is 7.98. The van der Waals surface area contributed by atoms with Crippen LogP contribution < -0.4 is 9.47 Å². The van der Waals surface area contributed by atoms with Crippen LogP contribution in [0.4, 0.5) is 0 Å². The lowest BCUT2D eigenvalue weighted by atomic mass is 10.1. The van der Waals surface area contributed by atoms with E-state index in [-0.39, 0.29) is 17.0 Å². The van der Waals surface area contributed by atoms with Crippen molar-refractivity contribution in [3.63, 3.8) is 0 Å². The van der Waals surface area contributed by atoms with Gasteiger partial charge in [-0.3, -0.25) is 0 Å². The molecular formula is C17H18N2O5S. The summed E-state index contributed by atoms with van der Waals surface area (Å²) in [5.74, 6) is 0.512. The number of carboxylic acid groups (broad SMARTS) is 1. The molecule has 1 aromatic heterocycles. The van der Waals surface area contributed by atoms with E-state index in [1.807, 2.05) is 0 Å². The van der Waals surface area contributed by atoms with Crippen molar-refractivity contribution in [1.82, 2.24) is 9.97 Å². The van der Waals surface area contributed by atoms with Crippen LogP contribution in [0.25, 0.3) is 5.57 Å². The van der Waals surface area contributed by atoms with Crippen LogP contribution in [0.3, 0.4) is 0 Å². The third-order valence-corrected chi connectivity index (χ3v) is 3.82. The van der Waals surface area contributed by atoms with E-state index in [1.165, 1.54) is 18.9 Å². The first-order valence-corrected chi connectivity index (χ1v) is 8.43. The predicted octanol–water partition coefficient (Wildman–Crippen LogP) is 3.38. The van der Waals surface area contributed by atoms with Crippen LogP contribution >= 0.6 is 11.8 Å². The molecule has 132 valence electrons. The smallest absolute Gasteiger partial charge is 0.339 e. The number of aryl methyl sites for hydroxylation is 1. The quantitative estimate of drug-likeness (QED) is 0.347. The van der Waals surface area contributed by atoms with E-state index < -0.39 is 5.97 Å². The van der Waals surface area contributed by atoms with Crippen molar-refractivity contribution in [2.75, 3.05) is 20.5 Å². The largest absolute Gasteiger partial charge is 0.503 e. The molecule has 8 heteroatoms. The summed E-state index contributed by atoms with van der Waals surface area (Å²) < 4.78 is 15.9. The average molecular weight is 362 g/mol. The summed E-state index contributed by atoms with van der Waals surface area (Å²) in [5.41, 5.74) is 0.167. The van der Waals surface area contributed by atoms with Crippen molar-refractivity contribution in [2.45, 2.75) is 11.9 Å². The minimum absolute atomic E-state index is 0.0928. The van der Waals surface area contributed by atoms with Crippen LogP contribution in [-0.4, -0.2) is 41.5 Å². The number of rotatable bonds is 7. The van der Waals surface area contributed by atoms with Crippen LogP contribution in [0, 0.1) is 6.92 Å². The summed E-state index contributed by atoms with van der Waals surface area (Å²) in [5, 5.41) is 10.0. The van der Waals surface area contributed by atoms with Gasteiger partial charge in [-0.1, -0.05) is 6.07 Å². The first-order valence-electron chi connectivity index (χ1n) is 7.21. The number of nitrogens with zero attached hydrogens (tertiary/aromatic N) is 2. The van der Waals surface area contributed by atoms with Gasteiger partial charge in [-0.05, 0) is 25.3 Å². The van der Waals surface area contributed by atoms with Crippen LogP contribution in [0.15, 0.2) is 35.6 Å². The summed E-state index contributed by atoms with van der Waals surface area (Å²) in [7, 11) is 2.93. The molecule has 7 nitrogen and oxygen atoms in total. The van der Waals surface area contributed by atoms with Gasteiger partial charge < -0.3 is 19.3 Å². The molecule has 0 unspecified atom stereocenters. The van der Waals surface area contributed by atoms with Gasteiger partial charge in [-0.15, -0.1) is 11.8 Å². The van der Waals surface area contributed by atoms with E-state index in [4.69, 9.17) is 14.2 Å². The topological polar surface area (TPSA) is 90.8 Å². The lowest BCUT2D eigenvalue weighted by Crippen LogP contribution is -2.08. The monoisotopic (exact) mass is 362 g/mol. The molecule has 0 fully saturated rings. The zero-order valence-corrected chi connectivity index (χ0v) is 15.1. The molecule has 0 amide bonds. The highest BCUT2D eigenvalue weighted by atomic mass is 32.2. The number of aromatic nitrogens is 2. The number of methoxy groups -OCH3 is 2. The van der Waals surface area contributed by atoms with Crippen molar-refractivity contribution >= 4 is 23.3 Å². The van der Waals surface area contributed by atoms with Crippen molar-refractivity contribution < 1.29 is 24.1 Å². The number of hydrogen-bond donors (Lipinski definition) is 1. The van der Waals surface area contributed by atoms with Gasteiger partial charge in [0.05, 0.1) is 26.0 Å². The van der Waals surface area contributed by atoms with Crippen molar-refractivity contribution in [3.05, 3.63) is 41.9 Å². The van der Waals surface area contributed by atoms with Gasteiger partial charge in [0.1, 0.15) is 27.9 Å². The standard InChI is InChI=1S/C17H18N2O5S/c1-10-18-15(24-12-7-5-6-11(8-12)23-3)14(16(19-10)25-4)13(9-22-2)17(20)21/h5-9H,1-4H3,(H,20,21)/b13-9+. The molecule has 0 spiro atoms. The molecule has 0 saturated carbocycles. The lowest BCUT2D eigenvalue weighted by molar-refractivity contribution is -0.130. The highest BCUT2D eigenvalue weighted by Crippen LogP contribution is 2.35. The Labute approximate surface area is 149 Å². The van der Waals surface area contributed by atoms with Crippen molar-refractivity contribution in [2.24, 2.45) is 0 Å². The molecule has 0 atom stereocenters. The highest BCUT2D eigenvalue weighted by Gasteiger charge is 2.24. The average Bonchev–Trinajstić information content (AvgIpc) is 2.59. The summed E-state index contributed by atoms with van der Waals surface area (Å²) in [6.07, 6.45) is 2.93. The van der Waals surface area contributed by atoms with Crippen LogP contribution in [-0.2, 0) is 9.53 Å². The fraction of sp³-hybridized carbons (Fsp3) is 0.235. The van der Waals surface area contributed by atoms with Gasteiger partial charge >= 0.3 is 5.97 Å². The second kappa shape index (κ2) is 8.39. The molecular weight excluding hydrogens is 344 g/mol. The maximum absolute atomic E-state index is 11.7. The fourth-order valence-electron chi connectivity index (χ4n) is 2.08. The predicted molar refractivity (Wildman–Crippen MR) is 94.2 cm³/mol. The molecule has 2 aromatic rings. The van der Waals surface area contributed by atoms with E-state index >= 15 is 0 Å². The number of carboxylic acids is 1. The van der Waals surface area contributed by atoms with Gasteiger partial charge in [0.15, 0.2) is 0 Å². The summed E-state index contributed by atoms with van der Waals surface area (Å²) in [4.78, 5) is 20.2. The molecule has 0 bridgehead atoms. The third-order valence-electron chi connectivity index (χ3n) is 3.14. The van der Waals surface area contributed by atoms with Crippen LogP contribution in [0.5, 0.6) is 17.4 Å². The number of carbonyl (C=O) groups is 1. The van der Waals surface area contributed by atoms with E-state index in [9.17, 15) is 9.90 Å². The van der Waals surface area contributed by atoms with E-state index in [2.05, 4.69) is 9.97 Å². The summed E-state index contributed by atoms with van der Waals surface area (Å²) in [6.45, 7) is 1.71. The third kappa shape index (κ3) is 4.42. The Hall–Kier alpha value is -2.74. The van der Waals surface area contributed by atoms with Crippen LogP contribution in [0.2, 0.25) is 0 Å². The molecule has 1 aromatic carbocycles. The Morgan fingerprint density at radius 2 is 1.96 bits per heavy atom. The number of aliphatic carboxylic acids is 1. The molecule has 2 rings (SSSR count). The number of hydrogen-bond acceptors (Lipinski definition) is 7. The van der Waals surface area contributed by atoms with E-state index in [0.717, 1.165) is 6.26 Å². The fourth-order valence-corrected chi connectivity index (χ4v) is 2.71. The molecule has 0 aliphatic carbocycles. The van der Waals surface area contributed by atoms with E-state index in [1.54, 1.807) is 44.6 Å². The first kappa shape index (κ1) is 18.6. The van der Waals surface area contributed by atoms with Gasteiger partial charge in [0.25, 0.3) is 0 Å². The lowest BCUT2D eigenvalue weighted by Gasteiger charge is -2.14. The zero-order chi connectivity index (χ0) is 18.4. The molecule has 0 aliphatic heterocycles. The van der Waals surface area contributed by atoms with Gasteiger partial charge in [0.2, 0.25) is 5.88 Å². The SMILES string of the molecule is CO/C=C(/C(=O)O)c1c(Oc2cccc(OC)c2)nc(C)nc1SC.